The molecule has 0 heterocycles. The van der Waals surface area contributed by atoms with Gasteiger partial charge in [0.1, 0.15) is 0 Å². The summed E-state index contributed by atoms with van der Waals surface area (Å²) in [7, 11) is 0. The molecule has 0 aliphatic carbocycles. The van der Waals surface area contributed by atoms with E-state index in [2.05, 4.69) is 44.4 Å². The normalized spacial score (nSPS) is 12.2. The second-order valence-corrected chi connectivity index (χ2v) is 5.78. The van der Waals surface area contributed by atoms with Crippen LogP contribution < -0.4 is 11.3 Å². The van der Waals surface area contributed by atoms with Crippen molar-refractivity contribution in [3.63, 3.8) is 0 Å². The number of carbonyl (C=O) groups excluding carboxylic acids is 1. The molecule has 18 heavy (non-hydrogen) atoms. The highest BCUT2D eigenvalue weighted by atomic mass is 32.2. The fraction of sp³-hybridized carbons (Fsp3) is 0.500. The predicted molar refractivity (Wildman–Crippen MR) is 78.2 cm³/mol. The van der Waals surface area contributed by atoms with Gasteiger partial charge in [-0.15, -0.1) is 11.8 Å². The molecule has 3 nitrogen and oxygen atoms in total. The summed E-state index contributed by atoms with van der Waals surface area (Å²) in [4.78, 5) is 11.6. The van der Waals surface area contributed by atoms with Crippen LogP contribution in [0.2, 0.25) is 0 Å². The zero-order valence-corrected chi connectivity index (χ0v) is 12.1. The van der Waals surface area contributed by atoms with Crippen LogP contribution in [0.15, 0.2) is 18.2 Å². The number of thioether (sulfide) groups is 1. The average Bonchev–Trinajstić information content (AvgIpc) is 2.32. The molecule has 1 rings (SSSR count). The SMILES string of the molecule is CCCC(SCc1cc(C)cc(C)c1)C(=O)NN. The first-order chi connectivity index (χ1) is 8.56. The molecular weight excluding hydrogens is 244 g/mol. The number of rotatable bonds is 6. The maximum atomic E-state index is 11.6. The lowest BCUT2D eigenvalue weighted by molar-refractivity contribution is -0.120. The summed E-state index contributed by atoms with van der Waals surface area (Å²) in [6.07, 6.45) is 1.84. The molecule has 0 aromatic heterocycles. The lowest BCUT2D eigenvalue weighted by atomic mass is 10.1. The second-order valence-electron chi connectivity index (χ2n) is 4.59. The van der Waals surface area contributed by atoms with Gasteiger partial charge in [-0.25, -0.2) is 5.84 Å². The van der Waals surface area contributed by atoms with Gasteiger partial charge >= 0.3 is 0 Å². The zero-order valence-electron chi connectivity index (χ0n) is 11.3. The van der Waals surface area contributed by atoms with Crippen LogP contribution in [0.5, 0.6) is 0 Å². The Bertz CT molecular complexity index is 387. The van der Waals surface area contributed by atoms with Crippen molar-refractivity contribution in [1.82, 2.24) is 5.43 Å². The smallest absolute Gasteiger partial charge is 0.246 e. The van der Waals surface area contributed by atoms with E-state index in [-0.39, 0.29) is 11.2 Å². The molecule has 0 saturated heterocycles. The summed E-state index contributed by atoms with van der Waals surface area (Å²) in [6.45, 7) is 6.27. The van der Waals surface area contributed by atoms with E-state index in [0.29, 0.717) is 0 Å². The van der Waals surface area contributed by atoms with Crippen molar-refractivity contribution in [1.29, 1.82) is 0 Å². The molecule has 1 amide bonds. The maximum absolute atomic E-state index is 11.6. The third-order valence-electron chi connectivity index (χ3n) is 2.72. The molecule has 1 aromatic rings. The predicted octanol–water partition coefficient (Wildman–Crippen LogP) is 2.70. The Morgan fingerprint density at radius 2 is 1.94 bits per heavy atom. The summed E-state index contributed by atoms with van der Waals surface area (Å²) >= 11 is 1.66. The van der Waals surface area contributed by atoms with Crippen LogP contribution in [0.25, 0.3) is 0 Å². The van der Waals surface area contributed by atoms with E-state index in [4.69, 9.17) is 5.84 Å². The largest absolute Gasteiger partial charge is 0.293 e. The Morgan fingerprint density at radius 1 is 1.33 bits per heavy atom. The van der Waals surface area contributed by atoms with Crippen molar-refractivity contribution in [3.05, 3.63) is 34.9 Å². The highest BCUT2D eigenvalue weighted by molar-refractivity contribution is 7.99. The van der Waals surface area contributed by atoms with Gasteiger partial charge in [-0.2, -0.15) is 0 Å². The molecule has 0 aliphatic heterocycles. The first-order valence-corrected chi connectivity index (χ1v) is 7.31. The number of carbonyl (C=O) groups is 1. The average molecular weight is 266 g/mol. The van der Waals surface area contributed by atoms with Crippen molar-refractivity contribution in [3.8, 4) is 0 Å². The van der Waals surface area contributed by atoms with Crippen molar-refractivity contribution < 1.29 is 4.79 Å². The second kappa shape index (κ2) is 7.44. The van der Waals surface area contributed by atoms with Gasteiger partial charge in [0.25, 0.3) is 0 Å². The number of nitrogens with two attached hydrogens (primary N) is 1. The Labute approximate surface area is 113 Å². The van der Waals surface area contributed by atoms with Crippen molar-refractivity contribution in [2.45, 2.75) is 44.6 Å². The summed E-state index contributed by atoms with van der Waals surface area (Å²) in [6, 6.07) is 6.50. The van der Waals surface area contributed by atoms with Crippen LogP contribution >= 0.6 is 11.8 Å². The number of aryl methyl sites for hydroxylation is 2. The van der Waals surface area contributed by atoms with Crippen molar-refractivity contribution in [2.75, 3.05) is 0 Å². The summed E-state index contributed by atoms with van der Waals surface area (Å²) in [5, 5.41) is -0.0548. The van der Waals surface area contributed by atoms with Crippen LogP contribution in [-0.4, -0.2) is 11.2 Å². The fourth-order valence-electron chi connectivity index (χ4n) is 1.99. The number of hydrogen-bond donors (Lipinski definition) is 2. The highest BCUT2D eigenvalue weighted by Gasteiger charge is 2.16. The van der Waals surface area contributed by atoms with Crippen LogP contribution in [0.3, 0.4) is 0 Å². The zero-order chi connectivity index (χ0) is 13.5. The highest BCUT2D eigenvalue weighted by Crippen LogP contribution is 2.23. The molecule has 1 atom stereocenters. The number of benzene rings is 1. The molecule has 0 spiro atoms. The number of nitrogens with one attached hydrogen (secondary N) is 1. The summed E-state index contributed by atoms with van der Waals surface area (Å²) in [5.41, 5.74) is 6.05. The monoisotopic (exact) mass is 266 g/mol. The minimum atomic E-state index is -0.0776. The summed E-state index contributed by atoms with van der Waals surface area (Å²) in [5.74, 6) is 5.98. The Balaban J connectivity index is 2.63. The van der Waals surface area contributed by atoms with E-state index >= 15 is 0 Å². The molecule has 1 aromatic carbocycles. The quantitative estimate of drug-likeness (QED) is 0.473. The van der Waals surface area contributed by atoms with Crippen LogP contribution in [0, 0.1) is 13.8 Å². The van der Waals surface area contributed by atoms with Crippen molar-refractivity contribution in [2.24, 2.45) is 5.84 Å². The van der Waals surface area contributed by atoms with Crippen LogP contribution in [0.1, 0.15) is 36.5 Å². The minimum Gasteiger partial charge on any atom is -0.293 e. The Hall–Kier alpha value is -1.00. The van der Waals surface area contributed by atoms with E-state index in [1.165, 1.54) is 16.7 Å². The lowest BCUT2D eigenvalue weighted by Crippen LogP contribution is -2.37. The molecule has 0 fully saturated rings. The number of hydrazine groups is 1. The van der Waals surface area contributed by atoms with E-state index in [1.54, 1.807) is 11.8 Å². The van der Waals surface area contributed by atoms with Crippen LogP contribution in [-0.2, 0) is 10.5 Å². The van der Waals surface area contributed by atoms with Gasteiger partial charge in [-0.3, -0.25) is 10.2 Å². The molecular formula is C14H22N2OS. The van der Waals surface area contributed by atoms with E-state index in [0.717, 1.165) is 18.6 Å². The molecule has 100 valence electrons. The van der Waals surface area contributed by atoms with Gasteiger partial charge in [0, 0.05) is 5.75 Å². The Morgan fingerprint density at radius 3 is 2.44 bits per heavy atom. The molecule has 4 heteroatoms. The van der Waals surface area contributed by atoms with Crippen LogP contribution in [0.4, 0.5) is 0 Å². The van der Waals surface area contributed by atoms with E-state index in [9.17, 15) is 4.79 Å². The topological polar surface area (TPSA) is 55.1 Å². The Kier molecular flexibility index (Phi) is 6.22. The van der Waals surface area contributed by atoms with Gasteiger partial charge < -0.3 is 0 Å². The fourth-order valence-corrected chi connectivity index (χ4v) is 3.18. The first kappa shape index (κ1) is 15.1. The maximum Gasteiger partial charge on any atom is 0.246 e. The number of hydrogen-bond acceptors (Lipinski definition) is 3. The summed E-state index contributed by atoms with van der Waals surface area (Å²) < 4.78 is 0. The van der Waals surface area contributed by atoms with Gasteiger partial charge in [-0.1, -0.05) is 42.7 Å². The van der Waals surface area contributed by atoms with Gasteiger partial charge in [0.15, 0.2) is 0 Å². The number of amides is 1. The standard InChI is InChI=1S/C14H22N2OS/c1-4-5-13(14(17)16-15)18-9-12-7-10(2)6-11(3)8-12/h6-8,13H,4-5,9,15H2,1-3H3,(H,16,17). The van der Waals surface area contributed by atoms with E-state index in [1.807, 2.05) is 0 Å². The molecule has 0 bridgehead atoms. The van der Waals surface area contributed by atoms with E-state index < -0.39 is 0 Å². The van der Waals surface area contributed by atoms with Gasteiger partial charge in [0.2, 0.25) is 5.91 Å². The van der Waals surface area contributed by atoms with Gasteiger partial charge in [0.05, 0.1) is 5.25 Å². The lowest BCUT2D eigenvalue weighted by Gasteiger charge is -2.14. The molecule has 1 unspecified atom stereocenters. The first-order valence-electron chi connectivity index (χ1n) is 6.26. The van der Waals surface area contributed by atoms with Crippen molar-refractivity contribution >= 4 is 17.7 Å². The third-order valence-corrected chi connectivity index (χ3v) is 4.07. The molecule has 0 radical (unpaired) electrons. The molecule has 3 N–H and O–H groups in total. The molecule has 0 aliphatic rings. The third kappa shape index (κ3) is 4.70. The van der Waals surface area contributed by atoms with Gasteiger partial charge in [-0.05, 0) is 25.8 Å². The minimum absolute atomic E-state index is 0.0548. The molecule has 0 saturated carbocycles.